The van der Waals surface area contributed by atoms with Gasteiger partial charge in [0.1, 0.15) is 10.8 Å². The molecule has 0 aliphatic carbocycles. The fourth-order valence-corrected chi connectivity index (χ4v) is 5.86. The van der Waals surface area contributed by atoms with Crippen LogP contribution in [-0.2, 0) is 17.8 Å². The number of aromatic nitrogens is 1. The lowest BCUT2D eigenvalue weighted by atomic mass is 10.1. The number of nitrogens with zero attached hydrogens (tertiary/aromatic N) is 2. The minimum Gasteiger partial charge on any atom is -0.345 e. The third-order valence-corrected chi connectivity index (χ3v) is 8.14. The van der Waals surface area contributed by atoms with Gasteiger partial charge in [-0.15, -0.1) is 22.7 Å². The summed E-state index contributed by atoms with van der Waals surface area (Å²) in [5.41, 5.74) is 3.64. The molecule has 2 amide bonds. The van der Waals surface area contributed by atoms with Gasteiger partial charge in [0.2, 0.25) is 0 Å². The van der Waals surface area contributed by atoms with Crippen LogP contribution in [0.3, 0.4) is 0 Å². The Balaban J connectivity index is 0.000000324. The molecule has 0 bridgehead atoms. The zero-order valence-corrected chi connectivity index (χ0v) is 22.0. The predicted octanol–water partition coefficient (Wildman–Crippen LogP) is 6.91. The lowest BCUT2D eigenvalue weighted by molar-refractivity contribution is -0.115. The SMILES string of the molecule is C=C1CCCN(c2cc(C)c(C(=O)NCc3nc4ccccc4s3)s2)C1=O.CCc1ccc(F)cc1.[HH]. The van der Waals surface area contributed by atoms with Crippen LogP contribution in [0, 0.1) is 12.7 Å². The minimum atomic E-state index is -0.160. The number of aryl methyl sites for hydroxylation is 2. The normalized spacial score (nSPS) is 13.5. The highest BCUT2D eigenvalue weighted by Crippen LogP contribution is 2.33. The number of para-hydroxylation sites is 1. The number of carbonyl (C=O) groups excluding carboxylic acids is 2. The molecule has 8 heteroatoms. The number of nitrogens with one attached hydrogen (secondary N) is 1. The highest BCUT2D eigenvalue weighted by Gasteiger charge is 2.26. The maximum Gasteiger partial charge on any atom is 0.262 e. The van der Waals surface area contributed by atoms with E-state index in [1.54, 1.807) is 28.4 Å². The smallest absolute Gasteiger partial charge is 0.262 e. The molecule has 4 aromatic rings. The number of halogens is 1. The summed E-state index contributed by atoms with van der Waals surface area (Å²) < 4.78 is 13.3. The molecule has 3 heterocycles. The molecule has 1 fully saturated rings. The highest BCUT2D eigenvalue weighted by atomic mass is 32.1. The molecule has 0 radical (unpaired) electrons. The first kappa shape index (κ1) is 25.7. The van der Waals surface area contributed by atoms with Crippen LogP contribution in [0.15, 0.2) is 66.7 Å². The van der Waals surface area contributed by atoms with Crippen LogP contribution in [0.2, 0.25) is 0 Å². The molecule has 188 valence electrons. The van der Waals surface area contributed by atoms with Crippen molar-refractivity contribution in [3.05, 3.63) is 93.6 Å². The average molecular weight is 524 g/mol. The fraction of sp³-hybridized carbons (Fsp3) is 0.250. The van der Waals surface area contributed by atoms with Crippen LogP contribution >= 0.6 is 22.7 Å². The third-order valence-electron chi connectivity index (χ3n) is 5.84. The van der Waals surface area contributed by atoms with Crippen LogP contribution in [0.1, 0.15) is 47.0 Å². The van der Waals surface area contributed by atoms with Gasteiger partial charge in [-0.3, -0.25) is 14.5 Å². The molecular formula is C28H30FN3O2S2. The van der Waals surface area contributed by atoms with E-state index in [9.17, 15) is 14.0 Å². The highest BCUT2D eigenvalue weighted by molar-refractivity contribution is 7.19. The summed E-state index contributed by atoms with van der Waals surface area (Å²) in [7, 11) is 0. The fourth-order valence-electron chi connectivity index (χ4n) is 3.84. The second-order valence-electron chi connectivity index (χ2n) is 8.50. The number of fused-ring (bicyclic) bond motifs is 1. The topological polar surface area (TPSA) is 62.3 Å². The number of benzene rings is 2. The quantitative estimate of drug-likeness (QED) is 0.289. The van der Waals surface area contributed by atoms with E-state index in [4.69, 9.17) is 0 Å². The Bertz CT molecular complexity index is 1370. The van der Waals surface area contributed by atoms with Crippen LogP contribution in [0.4, 0.5) is 9.39 Å². The number of amides is 2. The van der Waals surface area contributed by atoms with Gasteiger partial charge in [0.25, 0.3) is 11.8 Å². The van der Waals surface area contributed by atoms with Gasteiger partial charge in [0.15, 0.2) is 0 Å². The average Bonchev–Trinajstić information content (AvgIpc) is 3.48. The first-order valence-corrected chi connectivity index (χ1v) is 13.5. The number of anilines is 1. The number of rotatable bonds is 5. The van der Waals surface area contributed by atoms with Gasteiger partial charge in [-0.2, -0.15) is 0 Å². The van der Waals surface area contributed by atoms with Crippen LogP contribution in [0.5, 0.6) is 0 Å². The van der Waals surface area contributed by atoms with Gasteiger partial charge in [0.05, 0.1) is 26.6 Å². The number of piperidine rings is 1. The molecule has 5 rings (SSSR count). The van der Waals surface area contributed by atoms with Crippen molar-refractivity contribution < 1.29 is 15.4 Å². The van der Waals surface area contributed by atoms with E-state index < -0.39 is 0 Å². The van der Waals surface area contributed by atoms with E-state index in [0.717, 1.165) is 45.1 Å². The van der Waals surface area contributed by atoms with Gasteiger partial charge < -0.3 is 5.32 Å². The van der Waals surface area contributed by atoms with E-state index in [1.165, 1.54) is 29.0 Å². The summed E-state index contributed by atoms with van der Waals surface area (Å²) in [6.07, 6.45) is 2.62. The Morgan fingerprint density at radius 3 is 2.67 bits per heavy atom. The van der Waals surface area contributed by atoms with Crippen molar-refractivity contribution in [2.24, 2.45) is 0 Å². The molecule has 0 unspecified atom stereocenters. The zero-order chi connectivity index (χ0) is 25.7. The third kappa shape index (κ3) is 6.06. The molecular weight excluding hydrogens is 493 g/mol. The van der Waals surface area contributed by atoms with Crippen molar-refractivity contribution in [1.29, 1.82) is 0 Å². The van der Waals surface area contributed by atoms with E-state index >= 15 is 0 Å². The van der Waals surface area contributed by atoms with Crippen molar-refractivity contribution in [3.8, 4) is 0 Å². The van der Waals surface area contributed by atoms with Crippen molar-refractivity contribution in [1.82, 2.24) is 10.3 Å². The molecule has 1 N–H and O–H groups in total. The monoisotopic (exact) mass is 523 g/mol. The summed E-state index contributed by atoms with van der Waals surface area (Å²) >= 11 is 2.94. The number of carbonyl (C=O) groups is 2. The Morgan fingerprint density at radius 1 is 1.19 bits per heavy atom. The maximum absolute atomic E-state index is 12.7. The molecule has 1 saturated heterocycles. The Morgan fingerprint density at radius 2 is 1.94 bits per heavy atom. The van der Waals surface area contributed by atoms with Gasteiger partial charge in [-0.05, 0) is 67.6 Å². The van der Waals surface area contributed by atoms with E-state index in [1.807, 2.05) is 44.2 Å². The number of hydrogen-bond acceptors (Lipinski definition) is 5. The molecule has 2 aromatic heterocycles. The second-order valence-corrected chi connectivity index (χ2v) is 10.6. The molecule has 0 saturated carbocycles. The number of thiophene rings is 1. The summed E-state index contributed by atoms with van der Waals surface area (Å²) in [4.78, 5) is 31.9. The van der Waals surface area contributed by atoms with Crippen LogP contribution in [0.25, 0.3) is 10.2 Å². The molecule has 0 atom stereocenters. The summed E-state index contributed by atoms with van der Waals surface area (Å²) in [5.74, 6) is -0.331. The van der Waals surface area contributed by atoms with E-state index in [-0.39, 0.29) is 19.1 Å². The summed E-state index contributed by atoms with van der Waals surface area (Å²) in [5, 5.41) is 4.64. The first-order valence-electron chi connectivity index (χ1n) is 11.8. The van der Waals surface area contributed by atoms with Crippen LogP contribution < -0.4 is 10.2 Å². The van der Waals surface area contributed by atoms with Gasteiger partial charge in [-0.25, -0.2) is 9.37 Å². The number of thiazole rings is 1. The summed E-state index contributed by atoms with van der Waals surface area (Å²) in [6, 6.07) is 16.4. The number of hydrogen-bond donors (Lipinski definition) is 1. The van der Waals surface area contributed by atoms with Crippen molar-refractivity contribution in [3.63, 3.8) is 0 Å². The molecule has 36 heavy (non-hydrogen) atoms. The molecule has 1 aliphatic rings. The Labute approximate surface area is 219 Å². The largest absolute Gasteiger partial charge is 0.345 e. The molecule has 2 aromatic carbocycles. The van der Waals surface area contributed by atoms with Crippen LogP contribution in [-0.4, -0.2) is 23.3 Å². The molecule has 1 aliphatic heterocycles. The Kier molecular flexibility index (Phi) is 8.28. The zero-order valence-electron chi connectivity index (χ0n) is 20.3. The van der Waals surface area contributed by atoms with Gasteiger partial charge >= 0.3 is 0 Å². The second kappa shape index (κ2) is 11.6. The predicted molar refractivity (Wildman–Crippen MR) is 148 cm³/mol. The molecule has 0 spiro atoms. The lowest BCUT2D eigenvalue weighted by Gasteiger charge is -2.26. The first-order chi connectivity index (χ1) is 17.4. The van der Waals surface area contributed by atoms with Gasteiger partial charge in [-0.1, -0.05) is 37.8 Å². The maximum atomic E-state index is 12.7. The van der Waals surface area contributed by atoms with Crippen molar-refractivity contribution in [2.75, 3.05) is 11.4 Å². The van der Waals surface area contributed by atoms with Crippen molar-refractivity contribution in [2.45, 2.75) is 39.7 Å². The summed E-state index contributed by atoms with van der Waals surface area (Å²) in [6.45, 7) is 8.86. The molecule has 5 nitrogen and oxygen atoms in total. The van der Waals surface area contributed by atoms with E-state index in [2.05, 4.69) is 16.9 Å². The van der Waals surface area contributed by atoms with Crippen molar-refractivity contribution >= 4 is 49.7 Å². The van der Waals surface area contributed by atoms with Gasteiger partial charge in [0, 0.05) is 13.5 Å². The standard InChI is InChI=1S/C20H19N3O2S2.C8H9F.H2/c1-12-6-5-9-23(20(12)25)17-10-13(2)18(27-17)19(24)21-11-16-22-14-7-3-4-8-15(14)26-16;1-2-7-3-5-8(9)6-4-7;/h3-4,7-8,10H,1,5-6,9,11H2,2H3,(H,21,24);3-6H,2H2,1H3;1H. The Hall–Kier alpha value is -3.36. The minimum absolute atomic E-state index is 0. The lowest BCUT2D eigenvalue weighted by Crippen LogP contribution is -2.36. The van der Waals surface area contributed by atoms with E-state index in [0.29, 0.717) is 23.5 Å².